The molecule has 0 unspecified atom stereocenters. The standard InChI is InChI=1S/C25H21BrCl2N4O4S/c1-15-29-30-25(32(15)19-6-4-3-5-7-19)37-23(13-31(33)34)17-10-20(26)24(22(11-17)35-2)36-14-16-8-9-18(27)12-21(16)28/h3-12,23H,13-14H2,1-2H3/t23-/m1/s1. The van der Waals surface area contributed by atoms with Gasteiger partial charge in [0.25, 0.3) is 0 Å². The number of aryl methyl sites for hydroxylation is 1. The molecule has 0 N–H and O–H groups in total. The zero-order valence-electron chi connectivity index (χ0n) is 19.7. The molecule has 0 aliphatic carbocycles. The van der Waals surface area contributed by atoms with Gasteiger partial charge < -0.3 is 9.47 Å². The third-order valence-electron chi connectivity index (χ3n) is 5.38. The molecule has 1 heterocycles. The molecule has 0 fully saturated rings. The zero-order chi connectivity index (χ0) is 26.5. The number of para-hydroxylation sites is 1. The molecule has 0 aliphatic heterocycles. The van der Waals surface area contributed by atoms with Gasteiger partial charge in [0.05, 0.1) is 11.6 Å². The van der Waals surface area contributed by atoms with E-state index >= 15 is 0 Å². The summed E-state index contributed by atoms with van der Waals surface area (Å²) < 4.78 is 14.1. The van der Waals surface area contributed by atoms with E-state index < -0.39 is 5.25 Å². The normalized spacial score (nSPS) is 11.8. The summed E-state index contributed by atoms with van der Waals surface area (Å²) in [5, 5.41) is 21.1. The number of rotatable bonds is 10. The summed E-state index contributed by atoms with van der Waals surface area (Å²) in [6.45, 7) is 1.68. The largest absolute Gasteiger partial charge is 0.493 e. The van der Waals surface area contributed by atoms with Crippen molar-refractivity contribution < 1.29 is 14.4 Å². The van der Waals surface area contributed by atoms with Gasteiger partial charge in [-0.15, -0.1) is 10.2 Å². The molecule has 3 aromatic carbocycles. The zero-order valence-corrected chi connectivity index (χ0v) is 23.6. The Morgan fingerprint density at radius 3 is 2.57 bits per heavy atom. The lowest BCUT2D eigenvalue weighted by Gasteiger charge is -2.18. The molecule has 0 saturated carbocycles. The lowest BCUT2D eigenvalue weighted by Crippen LogP contribution is -2.12. The molecule has 1 atom stereocenters. The number of methoxy groups -OCH3 is 1. The average Bonchev–Trinajstić information content (AvgIpc) is 3.23. The van der Waals surface area contributed by atoms with Crippen LogP contribution in [-0.4, -0.2) is 33.3 Å². The summed E-state index contributed by atoms with van der Waals surface area (Å²) >= 11 is 17.1. The smallest absolute Gasteiger partial charge is 0.220 e. The molecule has 0 bridgehead atoms. The van der Waals surface area contributed by atoms with Gasteiger partial charge in [0.2, 0.25) is 6.54 Å². The highest BCUT2D eigenvalue weighted by atomic mass is 79.9. The topological polar surface area (TPSA) is 92.3 Å². The first-order valence-electron chi connectivity index (χ1n) is 11.0. The van der Waals surface area contributed by atoms with Crippen LogP contribution in [0.2, 0.25) is 10.0 Å². The van der Waals surface area contributed by atoms with Crippen molar-refractivity contribution in [1.82, 2.24) is 14.8 Å². The second kappa shape index (κ2) is 12.2. The Bertz CT molecular complexity index is 1420. The Hall–Kier alpha value is -2.79. The Balaban J connectivity index is 1.65. The number of ether oxygens (including phenoxy) is 2. The molecule has 4 rings (SSSR count). The number of nitro groups is 1. The SMILES string of the molecule is COc1cc([C@@H](C[N+](=O)[O-])Sc2nnc(C)n2-c2ccccc2)cc(Br)c1OCc1ccc(Cl)cc1Cl. The molecule has 12 heteroatoms. The number of aromatic nitrogens is 3. The minimum absolute atomic E-state index is 0.177. The number of benzene rings is 3. The predicted octanol–water partition coefficient (Wildman–Crippen LogP) is 7.34. The monoisotopic (exact) mass is 622 g/mol. The van der Waals surface area contributed by atoms with Crippen molar-refractivity contribution in [3.8, 4) is 17.2 Å². The summed E-state index contributed by atoms with van der Waals surface area (Å²) in [6.07, 6.45) is 0. The van der Waals surface area contributed by atoms with E-state index in [2.05, 4.69) is 26.1 Å². The second-order valence-corrected chi connectivity index (χ2v) is 10.7. The molecular formula is C25H21BrCl2N4O4S. The third-order valence-corrected chi connectivity index (χ3v) is 7.74. The maximum atomic E-state index is 11.6. The van der Waals surface area contributed by atoms with Crippen molar-refractivity contribution in [3.05, 3.63) is 102 Å². The van der Waals surface area contributed by atoms with Crippen LogP contribution in [0.4, 0.5) is 0 Å². The number of hydrogen-bond donors (Lipinski definition) is 0. The van der Waals surface area contributed by atoms with Crippen molar-refractivity contribution in [1.29, 1.82) is 0 Å². The van der Waals surface area contributed by atoms with E-state index in [4.69, 9.17) is 32.7 Å². The third kappa shape index (κ3) is 6.56. The van der Waals surface area contributed by atoms with Crippen LogP contribution in [0.25, 0.3) is 5.69 Å². The fourth-order valence-corrected chi connectivity index (χ4v) is 5.81. The first kappa shape index (κ1) is 27.3. The van der Waals surface area contributed by atoms with Gasteiger partial charge in [0, 0.05) is 26.2 Å². The highest BCUT2D eigenvalue weighted by Crippen LogP contribution is 2.43. The Labute approximate surface area is 236 Å². The van der Waals surface area contributed by atoms with Gasteiger partial charge in [-0.05, 0) is 64.8 Å². The predicted molar refractivity (Wildman–Crippen MR) is 148 cm³/mol. The summed E-state index contributed by atoms with van der Waals surface area (Å²) in [6, 6.07) is 18.3. The van der Waals surface area contributed by atoms with E-state index in [0.717, 1.165) is 11.3 Å². The van der Waals surface area contributed by atoms with Crippen molar-refractivity contribution in [2.45, 2.75) is 23.9 Å². The van der Waals surface area contributed by atoms with Crippen molar-refractivity contribution in [3.63, 3.8) is 0 Å². The first-order chi connectivity index (χ1) is 17.8. The number of nitrogens with zero attached hydrogens (tertiary/aromatic N) is 4. The van der Waals surface area contributed by atoms with Crippen LogP contribution in [0.15, 0.2) is 70.3 Å². The van der Waals surface area contributed by atoms with Crippen LogP contribution in [0.3, 0.4) is 0 Å². The first-order valence-corrected chi connectivity index (χ1v) is 13.4. The van der Waals surface area contributed by atoms with Crippen LogP contribution in [0.1, 0.15) is 22.2 Å². The fraction of sp³-hybridized carbons (Fsp3) is 0.200. The van der Waals surface area contributed by atoms with Crippen molar-refractivity contribution in [2.24, 2.45) is 0 Å². The van der Waals surface area contributed by atoms with Gasteiger partial charge in [0.15, 0.2) is 16.7 Å². The lowest BCUT2D eigenvalue weighted by molar-refractivity contribution is -0.479. The minimum Gasteiger partial charge on any atom is -0.493 e. The highest BCUT2D eigenvalue weighted by Gasteiger charge is 2.26. The van der Waals surface area contributed by atoms with Gasteiger partial charge in [-0.1, -0.05) is 59.2 Å². The van der Waals surface area contributed by atoms with Crippen LogP contribution < -0.4 is 9.47 Å². The van der Waals surface area contributed by atoms with Gasteiger partial charge in [-0.2, -0.15) is 0 Å². The second-order valence-electron chi connectivity index (χ2n) is 7.88. The molecule has 0 spiro atoms. The van der Waals surface area contributed by atoms with Crippen LogP contribution in [0.5, 0.6) is 11.5 Å². The maximum absolute atomic E-state index is 11.6. The number of hydrogen-bond acceptors (Lipinski definition) is 7. The lowest BCUT2D eigenvalue weighted by atomic mass is 10.1. The van der Waals surface area contributed by atoms with E-state index in [1.165, 1.54) is 18.9 Å². The van der Waals surface area contributed by atoms with Crippen LogP contribution >= 0.6 is 50.9 Å². The van der Waals surface area contributed by atoms with Crippen molar-refractivity contribution >= 4 is 50.9 Å². The molecule has 192 valence electrons. The molecule has 0 amide bonds. The van der Waals surface area contributed by atoms with Crippen molar-refractivity contribution in [2.75, 3.05) is 13.7 Å². The molecule has 0 aliphatic rings. The molecule has 0 saturated heterocycles. The molecule has 1 aromatic heterocycles. The Kier molecular flexibility index (Phi) is 8.96. The van der Waals surface area contributed by atoms with E-state index in [1.54, 1.807) is 30.3 Å². The van der Waals surface area contributed by atoms with Crippen LogP contribution in [-0.2, 0) is 6.61 Å². The summed E-state index contributed by atoms with van der Waals surface area (Å²) in [5.74, 6) is 1.55. The molecule has 8 nitrogen and oxygen atoms in total. The molecular weight excluding hydrogens is 603 g/mol. The quantitative estimate of drug-likeness (QED) is 0.104. The van der Waals surface area contributed by atoms with Gasteiger partial charge >= 0.3 is 0 Å². The van der Waals surface area contributed by atoms with E-state index in [9.17, 15) is 10.1 Å². The highest BCUT2D eigenvalue weighted by molar-refractivity contribution is 9.10. The number of thioether (sulfide) groups is 1. The fourth-order valence-electron chi connectivity index (χ4n) is 3.62. The molecule has 37 heavy (non-hydrogen) atoms. The van der Waals surface area contributed by atoms with E-state index in [1.807, 2.05) is 41.8 Å². The van der Waals surface area contributed by atoms with Gasteiger partial charge in [-0.25, -0.2) is 0 Å². The van der Waals surface area contributed by atoms with E-state index in [0.29, 0.717) is 42.6 Å². The minimum atomic E-state index is -0.578. The van der Waals surface area contributed by atoms with E-state index in [-0.39, 0.29) is 18.1 Å². The maximum Gasteiger partial charge on any atom is 0.220 e. The Morgan fingerprint density at radius 1 is 1.14 bits per heavy atom. The van der Waals surface area contributed by atoms with Crippen LogP contribution in [0, 0.1) is 17.0 Å². The summed E-state index contributed by atoms with van der Waals surface area (Å²) in [4.78, 5) is 11.3. The summed E-state index contributed by atoms with van der Waals surface area (Å²) in [7, 11) is 1.51. The Morgan fingerprint density at radius 2 is 1.89 bits per heavy atom. The summed E-state index contributed by atoms with van der Waals surface area (Å²) in [5.41, 5.74) is 2.29. The average molecular weight is 624 g/mol. The van der Waals surface area contributed by atoms with Gasteiger partial charge in [-0.3, -0.25) is 14.7 Å². The number of halogens is 3. The molecule has 4 aromatic rings. The molecule has 0 radical (unpaired) electrons. The van der Waals surface area contributed by atoms with Gasteiger partial charge in [0.1, 0.15) is 17.7 Å².